The van der Waals surface area contributed by atoms with E-state index >= 15 is 0 Å². The smallest absolute Gasteiger partial charge is 0.229 e. The molecule has 0 aliphatic rings. The van der Waals surface area contributed by atoms with E-state index in [4.69, 9.17) is 4.74 Å². The lowest BCUT2D eigenvalue weighted by Crippen LogP contribution is -2.14. The minimum Gasteiger partial charge on any atom is -0.496 e. The summed E-state index contributed by atoms with van der Waals surface area (Å²) in [4.78, 5) is 12.0. The number of aromatic amines is 1. The van der Waals surface area contributed by atoms with E-state index in [1.807, 2.05) is 31.2 Å². The number of methoxy groups -OCH3 is 1. The third-order valence-corrected chi connectivity index (χ3v) is 3.32. The molecule has 2 aromatic rings. The van der Waals surface area contributed by atoms with Crippen LogP contribution in [0.3, 0.4) is 0 Å². The number of carbonyl (C=O) groups is 1. The number of rotatable bonds is 5. The first-order valence-corrected chi connectivity index (χ1v) is 6.98. The van der Waals surface area contributed by atoms with Gasteiger partial charge in [0.15, 0.2) is 5.82 Å². The van der Waals surface area contributed by atoms with Crippen molar-refractivity contribution in [3.05, 3.63) is 41.1 Å². The fourth-order valence-corrected chi connectivity index (χ4v) is 2.04. The second-order valence-corrected chi connectivity index (χ2v) is 5.39. The van der Waals surface area contributed by atoms with E-state index in [9.17, 15) is 4.79 Å². The number of aromatic nitrogens is 2. The molecule has 0 unspecified atom stereocenters. The van der Waals surface area contributed by atoms with Gasteiger partial charge in [-0.05, 0) is 30.0 Å². The van der Waals surface area contributed by atoms with E-state index in [1.54, 1.807) is 7.11 Å². The van der Waals surface area contributed by atoms with Gasteiger partial charge in [-0.3, -0.25) is 9.89 Å². The molecule has 1 amide bonds. The van der Waals surface area contributed by atoms with E-state index < -0.39 is 0 Å². The summed E-state index contributed by atoms with van der Waals surface area (Å²) in [6, 6.07) is 7.63. The van der Waals surface area contributed by atoms with Crippen LogP contribution >= 0.6 is 0 Å². The number of benzene rings is 1. The molecular weight excluding hydrogens is 266 g/mol. The third kappa shape index (κ3) is 3.84. The Hall–Kier alpha value is -2.30. The molecule has 0 spiro atoms. The van der Waals surface area contributed by atoms with Crippen LogP contribution in [0.5, 0.6) is 5.75 Å². The molecule has 0 aliphatic heterocycles. The van der Waals surface area contributed by atoms with Crippen LogP contribution in [-0.2, 0) is 11.2 Å². The third-order valence-electron chi connectivity index (χ3n) is 3.32. The molecule has 0 saturated carbocycles. The first-order valence-electron chi connectivity index (χ1n) is 6.98. The van der Waals surface area contributed by atoms with E-state index in [2.05, 4.69) is 29.4 Å². The van der Waals surface area contributed by atoms with Crippen LogP contribution in [0.1, 0.15) is 36.6 Å². The number of nitrogens with one attached hydrogen (secondary N) is 2. The zero-order chi connectivity index (χ0) is 15.4. The molecule has 1 aromatic carbocycles. The highest BCUT2D eigenvalue weighted by Crippen LogP contribution is 2.20. The number of aryl methyl sites for hydroxylation is 1. The second kappa shape index (κ2) is 6.43. The summed E-state index contributed by atoms with van der Waals surface area (Å²) >= 11 is 0. The molecule has 1 heterocycles. The predicted molar refractivity (Wildman–Crippen MR) is 82.7 cm³/mol. The number of amides is 1. The van der Waals surface area contributed by atoms with Crippen molar-refractivity contribution >= 4 is 11.7 Å². The van der Waals surface area contributed by atoms with E-state index in [-0.39, 0.29) is 5.91 Å². The minimum absolute atomic E-state index is 0.0947. The maximum absolute atomic E-state index is 12.0. The minimum atomic E-state index is -0.0947. The van der Waals surface area contributed by atoms with Crippen molar-refractivity contribution in [2.45, 2.75) is 33.1 Å². The molecule has 1 aromatic heterocycles. The Morgan fingerprint density at radius 2 is 2.14 bits per heavy atom. The number of ether oxygens (including phenoxy) is 1. The van der Waals surface area contributed by atoms with Crippen molar-refractivity contribution in [2.75, 3.05) is 12.4 Å². The van der Waals surface area contributed by atoms with Gasteiger partial charge in [0, 0.05) is 11.8 Å². The quantitative estimate of drug-likeness (QED) is 0.888. The van der Waals surface area contributed by atoms with Gasteiger partial charge in [0.2, 0.25) is 5.91 Å². The number of nitrogens with zero attached hydrogens (tertiary/aromatic N) is 1. The summed E-state index contributed by atoms with van der Waals surface area (Å²) in [7, 11) is 1.63. The van der Waals surface area contributed by atoms with Crippen molar-refractivity contribution in [2.24, 2.45) is 0 Å². The molecule has 21 heavy (non-hydrogen) atoms. The SMILES string of the molecule is COc1cc(CC(=O)Nc2cc(C(C)C)[nH]n2)ccc1C. The fraction of sp³-hybridized carbons (Fsp3) is 0.375. The highest BCUT2D eigenvalue weighted by atomic mass is 16.5. The topological polar surface area (TPSA) is 67.0 Å². The summed E-state index contributed by atoms with van der Waals surface area (Å²) in [6.45, 7) is 6.11. The molecule has 0 fully saturated rings. The molecule has 5 heteroatoms. The molecule has 0 saturated heterocycles. The highest BCUT2D eigenvalue weighted by Gasteiger charge is 2.10. The first kappa shape index (κ1) is 15.1. The average Bonchev–Trinajstić information content (AvgIpc) is 2.89. The van der Waals surface area contributed by atoms with Crippen LogP contribution in [0.25, 0.3) is 0 Å². The van der Waals surface area contributed by atoms with Crippen molar-refractivity contribution in [3.63, 3.8) is 0 Å². The lowest BCUT2D eigenvalue weighted by atomic mass is 10.1. The van der Waals surface area contributed by atoms with Gasteiger partial charge in [0.25, 0.3) is 0 Å². The van der Waals surface area contributed by atoms with Gasteiger partial charge in [0.05, 0.1) is 13.5 Å². The summed E-state index contributed by atoms with van der Waals surface area (Å²) < 4.78 is 5.27. The Morgan fingerprint density at radius 1 is 1.38 bits per heavy atom. The molecule has 112 valence electrons. The number of carbonyl (C=O) groups excluding carboxylic acids is 1. The normalized spacial score (nSPS) is 10.7. The number of hydrogen-bond donors (Lipinski definition) is 2. The van der Waals surface area contributed by atoms with Crippen LogP contribution in [-0.4, -0.2) is 23.2 Å². The Bertz CT molecular complexity index is 632. The Balaban J connectivity index is 2.01. The monoisotopic (exact) mass is 287 g/mol. The Kier molecular flexibility index (Phi) is 4.62. The van der Waals surface area contributed by atoms with Gasteiger partial charge in [-0.2, -0.15) is 5.10 Å². The number of H-pyrrole nitrogens is 1. The van der Waals surface area contributed by atoms with Crippen molar-refractivity contribution in [1.29, 1.82) is 0 Å². The zero-order valence-electron chi connectivity index (χ0n) is 12.9. The number of hydrogen-bond acceptors (Lipinski definition) is 3. The van der Waals surface area contributed by atoms with Gasteiger partial charge >= 0.3 is 0 Å². The molecule has 0 aliphatic carbocycles. The molecular formula is C16H21N3O2. The van der Waals surface area contributed by atoms with Crippen molar-refractivity contribution < 1.29 is 9.53 Å². The van der Waals surface area contributed by atoms with Crippen molar-refractivity contribution in [3.8, 4) is 5.75 Å². The maximum Gasteiger partial charge on any atom is 0.229 e. The van der Waals surface area contributed by atoms with E-state index in [0.29, 0.717) is 18.2 Å². The Labute approximate surface area is 124 Å². The van der Waals surface area contributed by atoms with E-state index in [1.165, 1.54) is 0 Å². The van der Waals surface area contributed by atoms with Gasteiger partial charge in [0.1, 0.15) is 5.75 Å². The highest BCUT2D eigenvalue weighted by molar-refractivity contribution is 5.91. The predicted octanol–water partition coefficient (Wildman–Crippen LogP) is 3.03. The summed E-state index contributed by atoms with van der Waals surface area (Å²) in [5.74, 6) is 1.61. The number of anilines is 1. The average molecular weight is 287 g/mol. The van der Waals surface area contributed by atoms with Crippen LogP contribution < -0.4 is 10.1 Å². The standard InChI is InChI=1S/C16H21N3O2/c1-10(2)13-9-15(19-18-13)17-16(20)8-12-6-5-11(3)14(7-12)21-4/h5-7,9-10H,8H2,1-4H3,(H2,17,18,19,20). The largest absolute Gasteiger partial charge is 0.496 e. The molecule has 0 radical (unpaired) electrons. The first-order chi connectivity index (χ1) is 9.99. The zero-order valence-corrected chi connectivity index (χ0v) is 12.9. The Morgan fingerprint density at radius 3 is 2.76 bits per heavy atom. The van der Waals surface area contributed by atoms with Gasteiger partial charge in [-0.25, -0.2) is 0 Å². The molecule has 5 nitrogen and oxygen atoms in total. The summed E-state index contributed by atoms with van der Waals surface area (Å²) in [6.07, 6.45) is 0.292. The van der Waals surface area contributed by atoms with E-state index in [0.717, 1.165) is 22.6 Å². The van der Waals surface area contributed by atoms with Gasteiger partial charge < -0.3 is 10.1 Å². The van der Waals surface area contributed by atoms with Crippen LogP contribution in [0, 0.1) is 6.92 Å². The fourth-order valence-electron chi connectivity index (χ4n) is 2.04. The van der Waals surface area contributed by atoms with Crippen LogP contribution in [0.15, 0.2) is 24.3 Å². The summed E-state index contributed by atoms with van der Waals surface area (Å²) in [5, 5.41) is 9.80. The molecule has 2 rings (SSSR count). The van der Waals surface area contributed by atoms with Crippen LogP contribution in [0.4, 0.5) is 5.82 Å². The van der Waals surface area contributed by atoms with Gasteiger partial charge in [-0.15, -0.1) is 0 Å². The van der Waals surface area contributed by atoms with Crippen LogP contribution in [0.2, 0.25) is 0 Å². The maximum atomic E-state index is 12.0. The molecule has 2 N–H and O–H groups in total. The molecule has 0 atom stereocenters. The lowest BCUT2D eigenvalue weighted by molar-refractivity contribution is -0.115. The molecule has 0 bridgehead atoms. The summed E-state index contributed by atoms with van der Waals surface area (Å²) in [5.41, 5.74) is 2.97. The van der Waals surface area contributed by atoms with Gasteiger partial charge in [-0.1, -0.05) is 26.0 Å². The van der Waals surface area contributed by atoms with Crippen molar-refractivity contribution in [1.82, 2.24) is 10.2 Å². The second-order valence-electron chi connectivity index (χ2n) is 5.39. The lowest BCUT2D eigenvalue weighted by Gasteiger charge is -2.07.